The van der Waals surface area contributed by atoms with E-state index in [1.54, 1.807) is 4.90 Å². The van der Waals surface area contributed by atoms with E-state index in [2.05, 4.69) is 5.32 Å². The number of carbonyl (C=O) groups excluding carboxylic acids is 1. The highest BCUT2D eigenvalue weighted by Gasteiger charge is 2.54. The smallest absolute Gasteiger partial charge is 0.410 e. The third-order valence-corrected chi connectivity index (χ3v) is 4.16. The number of amides is 1. The van der Waals surface area contributed by atoms with Gasteiger partial charge in [-0.2, -0.15) is 0 Å². The summed E-state index contributed by atoms with van der Waals surface area (Å²) < 4.78 is 5.35. The van der Waals surface area contributed by atoms with Crippen molar-refractivity contribution in [1.29, 1.82) is 0 Å². The zero-order valence-corrected chi connectivity index (χ0v) is 11.8. The fourth-order valence-electron chi connectivity index (χ4n) is 2.88. The molecule has 0 aromatic heterocycles. The Balaban J connectivity index is 0.00000133. The molecule has 0 radical (unpaired) electrons. The molecule has 2 saturated heterocycles. The Labute approximate surface area is 119 Å². The van der Waals surface area contributed by atoms with Crippen molar-refractivity contribution in [3.8, 4) is 0 Å². The summed E-state index contributed by atoms with van der Waals surface area (Å²) in [5, 5.41) is 3.39. The Morgan fingerprint density at radius 3 is 2.68 bits per heavy atom. The summed E-state index contributed by atoms with van der Waals surface area (Å²) in [6.07, 6.45) is 1.90. The lowest BCUT2D eigenvalue weighted by Gasteiger charge is -2.43. The molecule has 4 nitrogen and oxygen atoms in total. The van der Waals surface area contributed by atoms with Gasteiger partial charge in [-0.05, 0) is 18.4 Å². The molecule has 3 fully saturated rings. The number of halogens is 1. The van der Waals surface area contributed by atoms with Gasteiger partial charge < -0.3 is 15.0 Å². The second kappa shape index (κ2) is 5.39. The van der Waals surface area contributed by atoms with Crippen LogP contribution in [0.25, 0.3) is 0 Å². The molecule has 1 aromatic rings. The van der Waals surface area contributed by atoms with Gasteiger partial charge in [0.1, 0.15) is 6.61 Å². The first kappa shape index (κ1) is 14.2. The average molecular weight is 283 g/mol. The molecule has 0 unspecified atom stereocenters. The molecule has 2 bridgehead atoms. The van der Waals surface area contributed by atoms with Gasteiger partial charge in [-0.3, -0.25) is 0 Å². The van der Waals surface area contributed by atoms with E-state index in [4.69, 9.17) is 4.74 Å². The van der Waals surface area contributed by atoms with Crippen LogP contribution in [-0.2, 0) is 11.3 Å². The van der Waals surface area contributed by atoms with Crippen molar-refractivity contribution >= 4 is 18.5 Å². The van der Waals surface area contributed by atoms with Crippen molar-refractivity contribution in [2.45, 2.75) is 31.0 Å². The minimum absolute atomic E-state index is 0. The summed E-state index contributed by atoms with van der Waals surface area (Å²) in [5.74, 6) is 0. The zero-order chi connectivity index (χ0) is 12.6. The van der Waals surface area contributed by atoms with Crippen molar-refractivity contribution in [3.05, 3.63) is 35.9 Å². The highest BCUT2D eigenvalue weighted by molar-refractivity contribution is 5.85. The lowest BCUT2D eigenvalue weighted by molar-refractivity contribution is 0.0427. The average Bonchev–Trinajstić information content (AvgIpc) is 2.96. The van der Waals surface area contributed by atoms with Crippen molar-refractivity contribution in [2.24, 2.45) is 0 Å². The van der Waals surface area contributed by atoms with E-state index < -0.39 is 0 Å². The highest BCUT2D eigenvalue weighted by Crippen LogP contribution is 2.42. The topological polar surface area (TPSA) is 41.6 Å². The molecule has 1 amide bonds. The molecule has 1 aliphatic carbocycles. The zero-order valence-electron chi connectivity index (χ0n) is 11.0. The molecule has 5 heteroatoms. The van der Waals surface area contributed by atoms with Gasteiger partial charge in [-0.25, -0.2) is 4.79 Å². The SMILES string of the molecule is CN(C(=O)OCc1ccccc1)C12CNC(C1)C2.Cl. The summed E-state index contributed by atoms with van der Waals surface area (Å²) in [4.78, 5) is 13.8. The van der Waals surface area contributed by atoms with Gasteiger partial charge in [0, 0.05) is 19.6 Å². The van der Waals surface area contributed by atoms with Crippen LogP contribution in [0.15, 0.2) is 30.3 Å². The number of likely N-dealkylation sites (N-methyl/N-ethyl adjacent to an activating group) is 1. The molecule has 104 valence electrons. The molecule has 1 N–H and O–H groups in total. The summed E-state index contributed by atoms with van der Waals surface area (Å²) >= 11 is 0. The molecule has 0 spiro atoms. The second-order valence-corrected chi connectivity index (χ2v) is 5.31. The summed E-state index contributed by atoms with van der Waals surface area (Å²) in [6, 6.07) is 10.4. The number of carbonyl (C=O) groups is 1. The van der Waals surface area contributed by atoms with E-state index in [0.29, 0.717) is 12.6 Å². The van der Waals surface area contributed by atoms with Crippen LogP contribution in [0.5, 0.6) is 0 Å². The summed E-state index contributed by atoms with van der Waals surface area (Å²) in [5.41, 5.74) is 1.03. The van der Waals surface area contributed by atoms with Crippen LogP contribution in [-0.4, -0.2) is 36.2 Å². The lowest BCUT2D eigenvalue weighted by atomic mass is 9.77. The minimum Gasteiger partial charge on any atom is -0.445 e. The molecule has 2 heterocycles. The number of hydrogen-bond acceptors (Lipinski definition) is 3. The van der Waals surface area contributed by atoms with Gasteiger partial charge in [0.05, 0.1) is 5.54 Å². The van der Waals surface area contributed by atoms with E-state index in [1.165, 1.54) is 0 Å². The molecule has 1 aromatic carbocycles. The first-order valence-electron chi connectivity index (χ1n) is 6.37. The molecule has 4 rings (SSSR count). The van der Waals surface area contributed by atoms with Gasteiger partial charge in [0.15, 0.2) is 0 Å². The Morgan fingerprint density at radius 1 is 1.42 bits per heavy atom. The van der Waals surface area contributed by atoms with Crippen LogP contribution in [0.2, 0.25) is 0 Å². The molecular weight excluding hydrogens is 264 g/mol. The highest BCUT2D eigenvalue weighted by atomic mass is 35.5. The maximum absolute atomic E-state index is 12.0. The van der Waals surface area contributed by atoms with Crippen molar-refractivity contribution in [2.75, 3.05) is 13.6 Å². The number of nitrogens with one attached hydrogen (secondary N) is 1. The Hall–Kier alpha value is -1.26. The Kier molecular flexibility index (Phi) is 4.02. The number of ether oxygens (including phenoxy) is 1. The first-order chi connectivity index (χ1) is 8.70. The first-order valence-corrected chi connectivity index (χ1v) is 6.37. The molecule has 0 atom stereocenters. The van der Waals surface area contributed by atoms with E-state index in [-0.39, 0.29) is 24.0 Å². The standard InChI is InChI=1S/C14H18N2O2.ClH/c1-16(14-7-12(8-14)15-10-14)13(17)18-9-11-5-3-2-4-6-11;/h2-6,12,15H,7-10H2,1H3;1H. The Morgan fingerprint density at radius 2 is 2.11 bits per heavy atom. The van der Waals surface area contributed by atoms with E-state index in [1.807, 2.05) is 37.4 Å². The fourth-order valence-corrected chi connectivity index (χ4v) is 2.88. The van der Waals surface area contributed by atoms with Gasteiger partial charge in [0.25, 0.3) is 0 Å². The predicted octanol–water partition coefficient (Wildman–Crippen LogP) is 2.18. The quantitative estimate of drug-likeness (QED) is 0.924. The van der Waals surface area contributed by atoms with Crippen molar-refractivity contribution in [1.82, 2.24) is 10.2 Å². The molecule has 19 heavy (non-hydrogen) atoms. The molecular formula is C14H19ClN2O2. The molecule has 2 aliphatic heterocycles. The summed E-state index contributed by atoms with van der Waals surface area (Å²) in [7, 11) is 1.84. The third-order valence-electron chi connectivity index (χ3n) is 4.16. The number of rotatable bonds is 3. The van der Waals surface area contributed by atoms with Gasteiger partial charge in [-0.15, -0.1) is 12.4 Å². The van der Waals surface area contributed by atoms with Gasteiger partial charge in [-0.1, -0.05) is 30.3 Å². The largest absolute Gasteiger partial charge is 0.445 e. The van der Waals surface area contributed by atoms with Crippen LogP contribution in [0.4, 0.5) is 4.79 Å². The van der Waals surface area contributed by atoms with E-state index in [9.17, 15) is 4.79 Å². The van der Waals surface area contributed by atoms with Crippen molar-refractivity contribution < 1.29 is 9.53 Å². The second-order valence-electron chi connectivity index (χ2n) is 5.31. The Bertz CT molecular complexity index is 441. The minimum atomic E-state index is -0.221. The number of nitrogens with zero attached hydrogens (tertiary/aromatic N) is 1. The maximum atomic E-state index is 12.0. The van der Waals surface area contributed by atoms with E-state index >= 15 is 0 Å². The number of fused-ring (bicyclic) bond motifs is 1. The lowest BCUT2D eigenvalue weighted by Crippen LogP contribution is -2.55. The normalized spacial score (nSPS) is 27.1. The van der Waals surface area contributed by atoms with Gasteiger partial charge in [0.2, 0.25) is 0 Å². The molecule has 3 aliphatic rings. The van der Waals surface area contributed by atoms with Crippen LogP contribution in [0.1, 0.15) is 18.4 Å². The van der Waals surface area contributed by atoms with Gasteiger partial charge >= 0.3 is 6.09 Å². The van der Waals surface area contributed by atoms with E-state index in [0.717, 1.165) is 24.9 Å². The van der Waals surface area contributed by atoms with Crippen LogP contribution >= 0.6 is 12.4 Å². The van der Waals surface area contributed by atoms with Crippen LogP contribution < -0.4 is 5.32 Å². The van der Waals surface area contributed by atoms with Crippen LogP contribution in [0.3, 0.4) is 0 Å². The van der Waals surface area contributed by atoms with Crippen molar-refractivity contribution in [3.63, 3.8) is 0 Å². The fraction of sp³-hybridized carbons (Fsp3) is 0.500. The maximum Gasteiger partial charge on any atom is 0.410 e. The summed E-state index contributed by atoms with van der Waals surface area (Å²) in [6.45, 7) is 1.24. The third kappa shape index (κ3) is 2.55. The monoisotopic (exact) mass is 282 g/mol. The van der Waals surface area contributed by atoms with Crippen LogP contribution in [0, 0.1) is 0 Å². The number of hydrogen-bond donors (Lipinski definition) is 1. The predicted molar refractivity (Wildman–Crippen MR) is 75.4 cm³/mol. The number of benzene rings is 1. The molecule has 1 saturated carbocycles.